The molecule has 1 heterocycles. The van der Waals surface area contributed by atoms with E-state index in [1.807, 2.05) is 13.0 Å². The highest BCUT2D eigenvalue weighted by atomic mass is 16.4. The van der Waals surface area contributed by atoms with Gasteiger partial charge in [0.05, 0.1) is 12.6 Å². The van der Waals surface area contributed by atoms with Crippen molar-refractivity contribution in [3.63, 3.8) is 0 Å². The monoisotopic (exact) mass is 347 g/mol. The van der Waals surface area contributed by atoms with Gasteiger partial charge in [-0.1, -0.05) is 13.0 Å². The van der Waals surface area contributed by atoms with E-state index in [1.54, 1.807) is 34.9 Å². The number of nitrogens with zero attached hydrogens (tertiary/aromatic N) is 2. The number of carbonyl (C=O) groups is 3. The lowest BCUT2D eigenvalue weighted by Gasteiger charge is -2.26. The van der Waals surface area contributed by atoms with E-state index in [2.05, 4.69) is 5.32 Å². The quantitative estimate of drug-likeness (QED) is 0.750. The van der Waals surface area contributed by atoms with Crippen LogP contribution in [0.5, 0.6) is 0 Å². The zero-order valence-electron chi connectivity index (χ0n) is 14.7. The highest BCUT2D eigenvalue weighted by molar-refractivity contribution is 5.98. The van der Waals surface area contributed by atoms with Gasteiger partial charge in [0.1, 0.15) is 0 Å². The molecule has 1 aliphatic rings. The Hall–Kier alpha value is -2.41. The molecule has 25 heavy (non-hydrogen) atoms. The van der Waals surface area contributed by atoms with Crippen LogP contribution in [0.25, 0.3) is 0 Å². The van der Waals surface area contributed by atoms with Gasteiger partial charge in [0.2, 0.25) is 11.8 Å². The summed E-state index contributed by atoms with van der Waals surface area (Å²) in [5, 5.41) is 11.8. The smallest absolute Gasteiger partial charge is 0.317 e. The minimum atomic E-state index is -0.956. The van der Waals surface area contributed by atoms with Crippen molar-refractivity contribution < 1.29 is 19.5 Å². The molecule has 0 saturated carbocycles. The van der Waals surface area contributed by atoms with E-state index in [-0.39, 0.29) is 18.4 Å². The molecule has 0 radical (unpaired) electrons. The van der Waals surface area contributed by atoms with E-state index < -0.39 is 12.0 Å². The Morgan fingerprint density at radius 1 is 1.40 bits per heavy atom. The third-order valence-electron chi connectivity index (χ3n) is 4.28. The number of hydrogen-bond acceptors (Lipinski definition) is 4. The molecule has 2 N–H and O–H groups in total. The number of nitrogens with one attached hydrogen (secondary N) is 1. The van der Waals surface area contributed by atoms with Crippen LogP contribution in [0.4, 0.5) is 11.4 Å². The fourth-order valence-electron chi connectivity index (χ4n) is 2.96. The lowest BCUT2D eigenvalue weighted by molar-refractivity contribution is -0.139. The topological polar surface area (TPSA) is 89.9 Å². The molecule has 1 unspecified atom stereocenters. The third kappa shape index (κ3) is 5.03. The molecule has 2 rings (SSSR count). The van der Waals surface area contributed by atoms with Crippen LogP contribution in [0.2, 0.25) is 0 Å². The number of aliphatic carboxylic acids is 1. The number of amides is 2. The van der Waals surface area contributed by atoms with E-state index in [1.165, 1.54) is 0 Å². The first-order chi connectivity index (χ1) is 11.9. The summed E-state index contributed by atoms with van der Waals surface area (Å²) in [5.74, 6) is -1.13. The van der Waals surface area contributed by atoms with Crippen molar-refractivity contribution in [2.45, 2.75) is 39.2 Å². The van der Waals surface area contributed by atoms with Crippen LogP contribution < -0.4 is 10.2 Å². The molecule has 1 aromatic carbocycles. The molecule has 7 heteroatoms. The minimum Gasteiger partial charge on any atom is -0.480 e. The second-order valence-electron chi connectivity index (χ2n) is 6.23. The first kappa shape index (κ1) is 18.9. The average Bonchev–Trinajstić information content (AvgIpc) is 2.99. The summed E-state index contributed by atoms with van der Waals surface area (Å²) < 4.78 is 0. The summed E-state index contributed by atoms with van der Waals surface area (Å²) in [6, 6.07) is 6.61. The van der Waals surface area contributed by atoms with Crippen LogP contribution in [0.15, 0.2) is 24.3 Å². The summed E-state index contributed by atoms with van der Waals surface area (Å²) in [6.07, 6.45) is 2.15. The van der Waals surface area contributed by atoms with Gasteiger partial charge in [-0.05, 0) is 44.5 Å². The number of hydrogen-bond donors (Lipinski definition) is 2. The largest absolute Gasteiger partial charge is 0.480 e. The standard InChI is InChI=1S/C18H25N3O4/c1-3-9-20(12-17(23)24)13(2)18(25)19-14-6-4-7-15(11-14)21-10-5-8-16(21)22/h4,6-7,11,13H,3,5,8-10,12H2,1-2H3,(H,19,25)(H,23,24). The summed E-state index contributed by atoms with van der Waals surface area (Å²) in [5.41, 5.74) is 1.37. The van der Waals surface area contributed by atoms with E-state index in [4.69, 9.17) is 5.11 Å². The van der Waals surface area contributed by atoms with Gasteiger partial charge in [-0.25, -0.2) is 0 Å². The predicted octanol–water partition coefficient (Wildman–Crippen LogP) is 1.94. The predicted molar refractivity (Wildman–Crippen MR) is 95.6 cm³/mol. The SMILES string of the molecule is CCCN(CC(=O)O)C(C)C(=O)Nc1cccc(N2CCCC2=O)c1. The molecule has 2 amide bonds. The van der Waals surface area contributed by atoms with Crippen molar-refractivity contribution in [2.24, 2.45) is 0 Å². The second-order valence-corrected chi connectivity index (χ2v) is 6.23. The van der Waals surface area contributed by atoms with Crippen molar-refractivity contribution in [1.29, 1.82) is 0 Å². The second kappa shape index (κ2) is 8.62. The third-order valence-corrected chi connectivity index (χ3v) is 4.28. The molecule has 1 fully saturated rings. The molecular weight excluding hydrogens is 322 g/mol. The Kier molecular flexibility index (Phi) is 6.52. The Morgan fingerprint density at radius 3 is 2.76 bits per heavy atom. The maximum atomic E-state index is 12.5. The fourth-order valence-corrected chi connectivity index (χ4v) is 2.96. The zero-order valence-corrected chi connectivity index (χ0v) is 14.7. The highest BCUT2D eigenvalue weighted by Crippen LogP contribution is 2.24. The first-order valence-corrected chi connectivity index (χ1v) is 8.59. The van der Waals surface area contributed by atoms with Gasteiger partial charge >= 0.3 is 5.97 Å². The van der Waals surface area contributed by atoms with Crippen LogP contribution in [-0.4, -0.2) is 53.5 Å². The van der Waals surface area contributed by atoms with E-state index in [0.29, 0.717) is 25.2 Å². The summed E-state index contributed by atoms with van der Waals surface area (Å²) in [4.78, 5) is 38.7. The molecule has 1 atom stereocenters. The van der Waals surface area contributed by atoms with Gasteiger partial charge in [0.25, 0.3) is 0 Å². The molecule has 136 valence electrons. The Morgan fingerprint density at radius 2 is 2.16 bits per heavy atom. The Bertz CT molecular complexity index is 647. The van der Waals surface area contributed by atoms with Gasteiger partial charge in [-0.3, -0.25) is 19.3 Å². The van der Waals surface area contributed by atoms with Crippen LogP contribution >= 0.6 is 0 Å². The van der Waals surface area contributed by atoms with E-state index in [0.717, 1.165) is 18.5 Å². The van der Waals surface area contributed by atoms with Crippen molar-refractivity contribution in [2.75, 3.05) is 29.9 Å². The number of rotatable bonds is 8. The molecule has 0 aliphatic carbocycles. The molecule has 0 aromatic heterocycles. The first-order valence-electron chi connectivity index (χ1n) is 8.59. The van der Waals surface area contributed by atoms with E-state index >= 15 is 0 Å². The lowest BCUT2D eigenvalue weighted by atomic mass is 10.2. The average molecular weight is 347 g/mol. The van der Waals surface area contributed by atoms with Crippen molar-refractivity contribution >= 4 is 29.2 Å². The molecule has 0 spiro atoms. The van der Waals surface area contributed by atoms with Gasteiger partial charge < -0.3 is 15.3 Å². The zero-order chi connectivity index (χ0) is 18.4. The molecule has 0 bridgehead atoms. The summed E-state index contributed by atoms with van der Waals surface area (Å²) in [7, 11) is 0. The molecule has 1 aliphatic heterocycles. The number of carboxylic acid groups (broad SMARTS) is 1. The van der Waals surface area contributed by atoms with Crippen molar-refractivity contribution in [3.8, 4) is 0 Å². The summed E-state index contributed by atoms with van der Waals surface area (Å²) in [6.45, 7) is 4.68. The minimum absolute atomic E-state index is 0.0902. The van der Waals surface area contributed by atoms with E-state index in [9.17, 15) is 14.4 Å². The van der Waals surface area contributed by atoms with Crippen LogP contribution in [0, 0.1) is 0 Å². The molecule has 1 saturated heterocycles. The molecule has 7 nitrogen and oxygen atoms in total. The van der Waals surface area contributed by atoms with Gasteiger partial charge in [-0.2, -0.15) is 0 Å². The van der Waals surface area contributed by atoms with Gasteiger partial charge in [0, 0.05) is 24.3 Å². The maximum Gasteiger partial charge on any atom is 0.317 e. The Labute approximate surface area is 147 Å². The van der Waals surface area contributed by atoms with Gasteiger partial charge in [0.15, 0.2) is 0 Å². The maximum absolute atomic E-state index is 12.5. The summed E-state index contributed by atoms with van der Waals surface area (Å²) >= 11 is 0. The van der Waals surface area contributed by atoms with Crippen LogP contribution in [0.3, 0.4) is 0 Å². The highest BCUT2D eigenvalue weighted by Gasteiger charge is 2.24. The van der Waals surface area contributed by atoms with Crippen molar-refractivity contribution in [1.82, 2.24) is 4.90 Å². The van der Waals surface area contributed by atoms with Gasteiger partial charge in [-0.15, -0.1) is 0 Å². The van der Waals surface area contributed by atoms with Crippen molar-refractivity contribution in [3.05, 3.63) is 24.3 Å². The normalized spacial score (nSPS) is 15.5. The Balaban J connectivity index is 2.06. The fraction of sp³-hybridized carbons (Fsp3) is 0.500. The number of carboxylic acids is 1. The number of carbonyl (C=O) groups excluding carboxylic acids is 2. The molecule has 1 aromatic rings. The van der Waals surface area contributed by atoms with Crippen LogP contribution in [-0.2, 0) is 14.4 Å². The lowest BCUT2D eigenvalue weighted by Crippen LogP contribution is -2.44. The number of anilines is 2. The number of benzene rings is 1. The van der Waals surface area contributed by atoms with Crippen LogP contribution in [0.1, 0.15) is 33.1 Å². The molecular formula is C18H25N3O4.